The average Bonchev–Trinajstić information content (AvgIpc) is 2.35. The maximum Gasteiger partial charge on any atom is 0.533 e. The van der Waals surface area contributed by atoms with Crippen LogP contribution in [0.25, 0.3) is 0 Å². The Morgan fingerprint density at radius 2 is 1.20 bits per heavy atom. The Balaban J connectivity index is 3.54. The van der Waals surface area contributed by atoms with Crippen LogP contribution in [0.5, 0.6) is 0 Å². The summed E-state index contributed by atoms with van der Waals surface area (Å²) in [6.45, 7) is 0. The highest BCUT2D eigenvalue weighted by Gasteiger charge is 2.43. The van der Waals surface area contributed by atoms with Crippen molar-refractivity contribution in [2.75, 3.05) is 14.2 Å². The van der Waals surface area contributed by atoms with Gasteiger partial charge in [0, 0.05) is 19.4 Å². The smallest absolute Gasteiger partial charge is 0.386 e. The molecule has 0 aromatic heterocycles. The molecule has 0 atom stereocenters. The topological polar surface area (TPSA) is 38.7 Å². The van der Waals surface area contributed by atoms with Gasteiger partial charge in [0.2, 0.25) is 0 Å². The molecular formula is C10H10F6O3Si. The Hall–Kier alpha value is -1.10. The molecule has 0 aliphatic rings. The summed E-state index contributed by atoms with van der Waals surface area (Å²) < 4.78 is 84.8. The summed E-state index contributed by atoms with van der Waals surface area (Å²) in [6.07, 6.45) is -9.99. The van der Waals surface area contributed by atoms with E-state index in [1.54, 1.807) is 0 Å². The fourth-order valence-electron chi connectivity index (χ4n) is 1.46. The molecule has 1 aromatic carbocycles. The standard InChI is InChI=1S/C10H10F6O3Si/c1-18-20(17,19-2)8-4-6(9(11,12)13)3-7(5-8)10(14,15)16/h3-5,17H,1-2H3. The van der Waals surface area contributed by atoms with Crippen molar-refractivity contribution in [1.82, 2.24) is 0 Å². The van der Waals surface area contributed by atoms with Crippen LogP contribution in [0.4, 0.5) is 26.3 Å². The van der Waals surface area contributed by atoms with Crippen molar-refractivity contribution in [2.24, 2.45) is 0 Å². The summed E-state index contributed by atoms with van der Waals surface area (Å²) in [7, 11) is -2.43. The molecule has 0 amide bonds. The Labute approximate surface area is 111 Å². The summed E-state index contributed by atoms with van der Waals surface area (Å²) in [5.74, 6) is 0. The molecule has 3 nitrogen and oxygen atoms in total. The normalized spacial score (nSPS) is 13.7. The lowest BCUT2D eigenvalue weighted by Crippen LogP contribution is -2.53. The lowest BCUT2D eigenvalue weighted by atomic mass is 10.1. The van der Waals surface area contributed by atoms with Crippen LogP contribution in [0.15, 0.2) is 18.2 Å². The summed E-state index contributed by atoms with van der Waals surface area (Å²) in [5.41, 5.74) is -3.08. The molecule has 114 valence electrons. The molecule has 1 rings (SSSR count). The molecule has 0 fully saturated rings. The fraction of sp³-hybridized carbons (Fsp3) is 0.400. The second kappa shape index (κ2) is 5.35. The minimum absolute atomic E-state index is 0.0381. The highest BCUT2D eigenvalue weighted by molar-refractivity contribution is 6.74. The van der Waals surface area contributed by atoms with Crippen LogP contribution in [0.1, 0.15) is 11.1 Å². The molecule has 0 aliphatic carbocycles. The molecule has 20 heavy (non-hydrogen) atoms. The van der Waals surface area contributed by atoms with Gasteiger partial charge in [0.05, 0.1) is 11.1 Å². The quantitative estimate of drug-likeness (QED) is 0.685. The molecule has 0 radical (unpaired) electrons. The largest absolute Gasteiger partial charge is 0.533 e. The highest BCUT2D eigenvalue weighted by Crippen LogP contribution is 2.35. The third-order valence-electron chi connectivity index (χ3n) is 2.51. The first-order valence-electron chi connectivity index (χ1n) is 5.06. The number of hydrogen-bond donors (Lipinski definition) is 1. The first-order chi connectivity index (χ1) is 8.94. The van der Waals surface area contributed by atoms with Crippen molar-refractivity contribution in [1.29, 1.82) is 0 Å². The van der Waals surface area contributed by atoms with Crippen LogP contribution in [0.2, 0.25) is 0 Å². The van der Waals surface area contributed by atoms with Crippen molar-refractivity contribution in [3.8, 4) is 0 Å². The van der Waals surface area contributed by atoms with Gasteiger partial charge in [-0.15, -0.1) is 0 Å². The first-order valence-corrected chi connectivity index (χ1v) is 6.83. The van der Waals surface area contributed by atoms with Gasteiger partial charge in [-0.05, 0) is 18.2 Å². The molecule has 0 aliphatic heterocycles. The van der Waals surface area contributed by atoms with E-state index in [0.717, 1.165) is 14.2 Å². The van der Waals surface area contributed by atoms with E-state index in [1.165, 1.54) is 0 Å². The maximum atomic E-state index is 12.6. The van der Waals surface area contributed by atoms with Crippen molar-refractivity contribution in [3.63, 3.8) is 0 Å². The monoisotopic (exact) mass is 320 g/mol. The van der Waals surface area contributed by atoms with Crippen molar-refractivity contribution in [2.45, 2.75) is 12.4 Å². The van der Waals surface area contributed by atoms with Gasteiger partial charge in [-0.25, -0.2) is 0 Å². The van der Waals surface area contributed by atoms with Gasteiger partial charge >= 0.3 is 21.2 Å². The van der Waals surface area contributed by atoms with E-state index in [9.17, 15) is 31.1 Å². The number of alkyl halides is 6. The number of halogens is 6. The van der Waals surface area contributed by atoms with Crippen molar-refractivity contribution >= 4 is 14.0 Å². The number of benzene rings is 1. The van der Waals surface area contributed by atoms with E-state index in [0.29, 0.717) is 12.1 Å². The molecule has 0 saturated carbocycles. The second-order valence-corrected chi connectivity index (χ2v) is 6.34. The van der Waals surface area contributed by atoms with Gasteiger partial charge in [0.25, 0.3) is 0 Å². The maximum absolute atomic E-state index is 12.6. The van der Waals surface area contributed by atoms with Crippen LogP contribution < -0.4 is 5.19 Å². The lowest BCUT2D eigenvalue weighted by Gasteiger charge is -2.22. The molecule has 0 unspecified atom stereocenters. The number of rotatable bonds is 3. The molecule has 0 saturated heterocycles. The summed E-state index contributed by atoms with van der Waals surface area (Å²) in [5, 5.41) is -0.676. The van der Waals surface area contributed by atoms with Crippen LogP contribution in [-0.4, -0.2) is 27.8 Å². The predicted molar refractivity (Wildman–Crippen MR) is 58.1 cm³/mol. The molecule has 0 heterocycles. The molecule has 1 aromatic rings. The molecule has 10 heteroatoms. The zero-order valence-electron chi connectivity index (χ0n) is 10.3. The first kappa shape index (κ1) is 16.9. The van der Waals surface area contributed by atoms with Crippen molar-refractivity contribution < 1.29 is 40.0 Å². The predicted octanol–water partition coefficient (Wildman–Crippen LogP) is 2.16. The SMILES string of the molecule is CO[Si](O)(OC)c1cc(C(F)(F)F)cc(C(F)(F)F)c1. The molecule has 1 N–H and O–H groups in total. The zero-order chi connectivity index (χ0) is 15.8. The highest BCUT2D eigenvalue weighted by atomic mass is 28.4. The summed E-state index contributed by atoms with van der Waals surface area (Å²) in [4.78, 5) is 9.84. The van der Waals surface area contributed by atoms with E-state index in [2.05, 4.69) is 8.85 Å². The van der Waals surface area contributed by atoms with Crippen LogP contribution in [0.3, 0.4) is 0 Å². The third-order valence-corrected chi connectivity index (χ3v) is 4.63. The van der Waals surface area contributed by atoms with Gasteiger partial charge in [0.15, 0.2) is 0 Å². The van der Waals surface area contributed by atoms with Crippen LogP contribution in [-0.2, 0) is 21.2 Å². The summed E-state index contributed by atoms with van der Waals surface area (Å²) in [6, 6.07) is 0.729. The molecule has 0 bridgehead atoms. The van der Waals surface area contributed by atoms with E-state index in [-0.39, 0.29) is 6.07 Å². The Kier molecular flexibility index (Phi) is 4.54. The number of hydrogen-bond acceptors (Lipinski definition) is 3. The fourth-order valence-corrected chi connectivity index (χ4v) is 2.77. The van der Waals surface area contributed by atoms with E-state index < -0.39 is 37.5 Å². The lowest BCUT2D eigenvalue weighted by molar-refractivity contribution is -0.143. The van der Waals surface area contributed by atoms with Gasteiger partial charge in [-0.1, -0.05) is 0 Å². The van der Waals surface area contributed by atoms with Crippen molar-refractivity contribution in [3.05, 3.63) is 29.3 Å². The van der Waals surface area contributed by atoms with Gasteiger partial charge in [-0.2, -0.15) is 26.3 Å². The zero-order valence-corrected chi connectivity index (χ0v) is 11.3. The average molecular weight is 320 g/mol. The van der Waals surface area contributed by atoms with Gasteiger partial charge in [-0.3, -0.25) is 0 Å². The summed E-state index contributed by atoms with van der Waals surface area (Å²) >= 11 is 0. The van der Waals surface area contributed by atoms with E-state index in [1.807, 2.05) is 0 Å². The minimum Gasteiger partial charge on any atom is -0.386 e. The van der Waals surface area contributed by atoms with Crippen LogP contribution in [0, 0.1) is 0 Å². The van der Waals surface area contributed by atoms with E-state index >= 15 is 0 Å². The van der Waals surface area contributed by atoms with E-state index in [4.69, 9.17) is 0 Å². The Bertz CT molecular complexity index is 449. The van der Waals surface area contributed by atoms with Gasteiger partial charge < -0.3 is 13.6 Å². The van der Waals surface area contributed by atoms with Gasteiger partial charge in [0.1, 0.15) is 0 Å². The Morgan fingerprint density at radius 3 is 1.45 bits per heavy atom. The minimum atomic E-state index is -4.99. The van der Waals surface area contributed by atoms with Crippen LogP contribution >= 0.6 is 0 Å². The Morgan fingerprint density at radius 1 is 0.850 bits per heavy atom. The third kappa shape index (κ3) is 3.51. The molecular weight excluding hydrogens is 310 g/mol. The second-order valence-electron chi connectivity index (χ2n) is 3.78. The molecule has 0 spiro atoms.